The number of aromatic nitrogens is 2. The van der Waals surface area contributed by atoms with Crippen molar-refractivity contribution in [2.75, 3.05) is 13.2 Å². The highest BCUT2D eigenvalue weighted by molar-refractivity contribution is 5.63. The van der Waals surface area contributed by atoms with Crippen molar-refractivity contribution < 1.29 is 18.3 Å². The Morgan fingerprint density at radius 3 is 2.65 bits per heavy atom. The Morgan fingerprint density at radius 2 is 2.05 bits per heavy atom. The van der Waals surface area contributed by atoms with E-state index in [2.05, 4.69) is 11.2 Å². The topological polar surface area (TPSA) is 36.3 Å². The lowest BCUT2D eigenvalue weighted by Crippen LogP contribution is -2.31. The molecular weight excluding hydrogens is 266 g/mol. The molecule has 4 rings (SSSR count). The van der Waals surface area contributed by atoms with E-state index in [9.17, 15) is 8.78 Å². The van der Waals surface area contributed by atoms with Crippen LogP contribution >= 0.6 is 0 Å². The molecule has 1 saturated heterocycles. The molecule has 4 nitrogen and oxygen atoms in total. The number of halogens is 2. The van der Waals surface area contributed by atoms with E-state index < -0.39 is 17.8 Å². The van der Waals surface area contributed by atoms with Gasteiger partial charge in [0.2, 0.25) is 0 Å². The zero-order chi connectivity index (χ0) is 13.8. The van der Waals surface area contributed by atoms with Crippen molar-refractivity contribution in [3.05, 3.63) is 24.0 Å². The van der Waals surface area contributed by atoms with Crippen molar-refractivity contribution in [2.45, 2.75) is 43.4 Å². The molecule has 3 aliphatic rings. The van der Waals surface area contributed by atoms with Crippen molar-refractivity contribution in [3.63, 3.8) is 0 Å². The summed E-state index contributed by atoms with van der Waals surface area (Å²) in [5, 5.41) is 4.29. The summed E-state index contributed by atoms with van der Waals surface area (Å²) in [6.07, 6.45) is 5.91. The minimum Gasteiger partial charge on any atom is -0.347 e. The number of alkyl halides is 2. The summed E-state index contributed by atoms with van der Waals surface area (Å²) >= 11 is 0. The summed E-state index contributed by atoms with van der Waals surface area (Å²) in [5.41, 5.74) is 1.89. The van der Waals surface area contributed by atoms with E-state index in [0.717, 1.165) is 24.1 Å². The van der Waals surface area contributed by atoms with Gasteiger partial charge < -0.3 is 9.47 Å². The molecule has 0 amide bonds. The van der Waals surface area contributed by atoms with E-state index in [1.807, 2.05) is 6.07 Å². The average molecular weight is 282 g/mol. The summed E-state index contributed by atoms with van der Waals surface area (Å²) in [6, 6.07) is 1.06. The number of hydrogen-bond donors (Lipinski definition) is 0. The Bertz CT molecular complexity index is 561. The van der Waals surface area contributed by atoms with Gasteiger partial charge in [-0.25, -0.2) is 8.78 Å². The maximum atomic E-state index is 13.0. The van der Waals surface area contributed by atoms with Gasteiger partial charge in [-0.2, -0.15) is 5.10 Å². The minimum atomic E-state index is -2.58. The van der Waals surface area contributed by atoms with Gasteiger partial charge in [0.25, 0.3) is 5.92 Å². The Morgan fingerprint density at radius 1 is 1.30 bits per heavy atom. The number of hydrogen-bond acceptors (Lipinski definition) is 3. The fourth-order valence-corrected chi connectivity index (χ4v) is 2.97. The Kier molecular flexibility index (Phi) is 2.57. The lowest BCUT2D eigenvalue weighted by Gasteiger charge is -2.30. The largest absolute Gasteiger partial charge is 0.347 e. The third-order valence-electron chi connectivity index (χ3n) is 4.30. The van der Waals surface area contributed by atoms with Crippen LogP contribution in [0.4, 0.5) is 8.78 Å². The third kappa shape index (κ3) is 1.98. The van der Waals surface area contributed by atoms with Crippen molar-refractivity contribution >= 4 is 5.57 Å². The molecular formula is C14H16F2N2O2. The highest BCUT2D eigenvalue weighted by Gasteiger charge is 2.59. The lowest BCUT2D eigenvalue weighted by molar-refractivity contribution is -0.159. The van der Waals surface area contributed by atoms with Crippen LogP contribution in [-0.4, -0.2) is 34.7 Å². The average Bonchev–Trinajstić information content (AvgIpc) is 2.88. The van der Waals surface area contributed by atoms with Gasteiger partial charge in [-0.3, -0.25) is 4.68 Å². The molecule has 1 unspecified atom stereocenters. The molecule has 0 aromatic carbocycles. The van der Waals surface area contributed by atoms with Crippen molar-refractivity contribution in [2.24, 2.45) is 0 Å². The Labute approximate surface area is 115 Å². The SMILES string of the molecule is FC1(F)CC1n1ccc(C2=CCC3(CC2)OCCO3)n1. The molecule has 1 aromatic rings. The normalized spacial score (nSPS) is 30.5. The van der Waals surface area contributed by atoms with Crippen LogP contribution in [0.15, 0.2) is 18.3 Å². The highest BCUT2D eigenvalue weighted by Crippen LogP contribution is 2.52. The molecule has 108 valence electrons. The van der Waals surface area contributed by atoms with Gasteiger partial charge >= 0.3 is 0 Å². The summed E-state index contributed by atoms with van der Waals surface area (Å²) in [7, 11) is 0. The molecule has 6 heteroatoms. The predicted molar refractivity (Wildman–Crippen MR) is 67.3 cm³/mol. The highest BCUT2D eigenvalue weighted by atomic mass is 19.3. The van der Waals surface area contributed by atoms with Crippen LogP contribution in [0.25, 0.3) is 5.57 Å². The minimum absolute atomic E-state index is 0.0992. The van der Waals surface area contributed by atoms with Gasteiger partial charge in [-0.1, -0.05) is 6.08 Å². The van der Waals surface area contributed by atoms with E-state index in [0.29, 0.717) is 19.6 Å². The fraction of sp³-hybridized carbons (Fsp3) is 0.643. The molecule has 1 aromatic heterocycles. The van der Waals surface area contributed by atoms with Crippen molar-refractivity contribution in [1.29, 1.82) is 0 Å². The second-order valence-electron chi connectivity index (χ2n) is 5.70. The van der Waals surface area contributed by atoms with Crippen LogP contribution in [0.3, 0.4) is 0 Å². The maximum absolute atomic E-state index is 13.0. The first-order chi connectivity index (χ1) is 9.58. The van der Waals surface area contributed by atoms with Crippen LogP contribution in [0.5, 0.6) is 0 Å². The zero-order valence-electron chi connectivity index (χ0n) is 11.0. The van der Waals surface area contributed by atoms with Gasteiger partial charge in [0.1, 0.15) is 6.04 Å². The number of rotatable bonds is 2. The molecule has 0 bridgehead atoms. The van der Waals surface area contributed by atoms with E-state index >= 15 is 0 Å². The van der Waals surface area contributed by atoms with Gasteiger partial charge in [0.05, 0.1) is 18.9 Å². The summed E-state index contributed by atoms with van der Waals surface area (Å²) < 4.78 is 38.8. The quantitative estimate of drug-likeness (QED) is 0.837. The Balaban J connectivity index is 1.50. The molecule has 2 heterocycles. The molecule has 20 heavy (non-hydrogen) atoms. The fourth-order valence-electron chi connectivity index (χ4n) is 2.97. The maximum Gasteiger partial charge on any atom is 0.272 e. The second-order valence-corrected chi connectivity index (χ2v) is 5.70. The summed E-state index contributed by atoms with van der Waals surface area (Å²) in [5.74, 6) is -3.03. The molecule has 0 N–H and O–H groups in total. The molecule has 2 fully saturated rings. The molecule has 2 aliphatic carbocycles. The van der Waals surface area contributed by atoms with E-state index in [4.69, 9.17) is 9.47 Å². The van der Waals surface area contributed by atoms with E-state index in [-0.39, 0.29) is 6.42 Å². The number of nitrogens with zero attached hydrogens (tertiary/aromatic N) is 2. The second kappa shape index (κ2) is 4.11. The van der Waals surface area contributed by atoms with Gasteiger partial charge in [0.15, 0.2) is 5.79 Å². The van der Waals surface area contributed by atoms with Crippen molar-refractivity contribution in [1.82, 2.24) is 9.78 Å². The van der Waals surface area contributed by atoms with Gasteiger partial charge in [-0.15, -0.1) is 0 Å². The van der Waals surface area contributed by atoms with Crippen LogP contribution < -0.4 is 0 Å². The first-order valence-corrected chi connectivity index (χ1v) is 6.98. The van der Waals surface area contributed by atoms with Gasteiger partial charge in [0, 0.05) is 25.5 Å². The first-order valence-electron chi connectivity index (χ1n) is 6.98. The Hall–Kier alpha value is -1.27. The number of ether oxygens (including phenoxy) is 2. The van der Waals surface area contributed by atoms with E-state index in [1.165, 1.54) is 4.68 Å². The van der Waals surface area contributed by atoms with Gasteiger partial charge in [-0.05, 0) is 18.1 Å². The van der Waals surface area contributed by atoms with Crippen LogP contribution in [0.1, 0.15) is 37.4 Å². The van der Waals surface area contributed by atoms with Crippen LogP contribution in [0, 0.1) is 0 Å². The molecule has 1 atom stereocenters. The summed E-state index contributed by atoms with van der Waals surface area (Å²) in [4.78, 5) is 0. The molecule has 1 saturated carbocycles. The summed E-state index contributed by atoms with van der Waals surface area (Å²) in [6.45, 7) is 1.29. The van der Waals surface area contributed by atoms with Crippen LogP contribution in [0.2, 0.25) is 0 Å². The van der Waals surface area contributed by atoms with Crippen molar-refractivity contribution in [3.8, 4) is 0 Å². The third-order valence-corrected chi connectivity index (χ3v) is 4.30. The predicted octanol–water partition coefficient (Wildman–Crippen LogP) is 2.77. The lowest BCUT2D eigenvalue weighted by atomic mass is 9.92. The molecule has 0 radical (unpaired) electrons. The monoisotopic (exact) mass is 282 g/mol. The molecule has 1 aliphatic heterocycles. The zero-order valence-corrected chi connectivity index (χ0v) is 11.0. The molecule has 1 spiro atoms. The standard InChI is InChI=1S/C14H16F2N2O2/c15-14(16)9-12(14)18-6-3-11(17-18)10-1-4-13(5-2-10)19-7-8-20-13/h1,3,6,12H,2,4-5,7-9H2. The first kappa shape index (κ1) is 12.5. The smallest absolute Gasteiger partial charge is 0.272 e. The van der Waals surface area contributed by atoms with Crippen LogP contribution in [-0.2, 0) is 9.47 Å². The van der Waals surface area contributed by atoms with E-state index in [1.54, 1.807) is 6.20 Å². The number of allylic oxidation sites excluding steroid dienone is 1.